The average molecular weight is 591 g/mol. The topological polar surface area (TPSA) is 87.0 Å². The van der Waals surface area contributed by atoms with Gasteiger partial charge in [0.2, 0.25) is 0 Å². The van der Waals surface area contributed by atoms with E-state index in [-0.39, 0.29) is 34.4 Å². The van der Waals surface area contributed by atoms with Crippen LogP contribution in [-0.2, 0) is 14.4 Å². The van der Waals surface area contributed by atoms with Gasteiger partial charge in [-0.1, -0.05) is 74.0 Å². The summed E-state index contributed by atoms with van der Waals surface area (Å²) >= 11 is 0. The zero-order valence-corrected chi connectivity index (χ0v) is 27.1. The summed E-state index contributed by atoms with van der Waals surface area (Å²) < 4.78 is 40.5. The Labute approximate surface area is 249 Å². The van der Waals surface area contributed by atoms with Crippen LogP contribution in [0.3, 0.4) is 0 Å². The third-order valence-electron chi connectivity index (χ3n) is 11.8. The van der Waals surface area contributed by atoms with Crippen LogP contribution in [0.4, 0.5) is 13.2 Å². The highest BCUT2D eigenvalue weighted by Gasteiger charge is 2.61. The zero-order chi connectivity index (χ0) is 32.3. The van der Waals surface area contributed by atoms with Gasteiger partial charge in [0.05, 0.1) is 5.57 Å². The molecule has 3 aliphatic rings. The average Bonchev–Trinajstić information content (AvgIpc) is 2.83. The Bertz CT molecular complexity index is 1250. The van der Waals surface area contributed by atoms with Crippen LogP contribution in [0.15, 0.2) is 23.3 Å². The van der Waals surface area contributed by atoms with Gasteiger partial charge in [0, 0.05) is 16.4 Å². The van der Waals surface area contributed by atoms with Gasteiger partial charge in [0.15, 0.2) is 11.6 Å². The minimum Gasteiger partial charge on any atom is -0.343 e. The van der Waals surface area contributed by atoms with E-state index < -0.39 is 39.3 Å². The Balaban J connectivity index is 2.08. The first-order valence-electron chi connectivity index (χ1n) is 15.2. The Morgan fingerprint density at radius 1 is 1.10 bits per heavy atom. The molecule has 0 aromatic carbocycles. The van der Waals surface area contributed by atoms with Crippen molar-refractivity contribution in [3.8, 4) is 6.07 Å². The quantitative estimate of drug-likeness (QED) is 0.317. The molecule has 1 amide bonds. The molecular formula is C34H49F3N2O3. The van der Waals surface area contributed by atoms with Gasteiger partial charge in [-0.15, -0.1) is 0 Å². The van der Waals surface area contributed by atoms with E-state index >= 15 is 0 Å². The van der Waals surface area contributed by atoms with Gasteiger partial charge in [-0.3, -0.25) is 14.4 Å². The number of fused-ring (bicyclic) bond motifs is 1. The number of hydrogen-bond acceptors (Lipinski definition) is 4. The van der Waals surface area contributed by atoms with Gasteiger partial charge in [-0.05, 0) is 86.0 Å². The summed E-state index contributed by atoms with van der Waals surface area (Å²) in [6.07, 6.45) is 2.55. The van der Waals surface area contributed by atoms with Crippen molar-refractivity contribution in [1.29, 1.82) is 5.26 Å². The fraction of sp³-hybridized carbons (Fsp3) is 0.765. The van der Waals surface area contributed by atoms with Crippen LogP contribution in [0.5, 0.6) is 0 Å². The van der Waals surface area contributed by atoms with E-state index in [1.807, 2.05) is 27.7 Å². The second-order valence-corrected chi connectivity index (χ2v) is 15.9. The molecule has 5 atom stereocenters. The second-order valence-electron chi connectivity index (χ2n) is 15.9. The van der Waals surface area contributed by atoms with Crippen LogP contribution in [0, 0.1) is 50.2 Å². The number of amides is 1. The molecule has 0 spiro atoms. The molecule has 8 heteroatoms. The molecule has 1 unspecified atom stereocenters. The number of carbonyl (C=O) groups is 3. The summed E-state index contributed by atoms with van der Waals surface area (Å²) in [5.74, 6) is -2.50. The van der Waals surface area contributed by atoms with Crippen LogP contribution in [0.25, 0.3) is 0 Å². The minimum absolute atomic E-state index is 0.0340. The maximum Gasteiger partial charge on any atom is 0.471 e. The lowest BCUT2D eigenvalue weighted by Gasteiger charge is -2.61. The maximum atomic E-state index is 13.5. The summed E-state index contributed by atoms with van der Waals surface area (Å²) in [6, 6.07) is 2.09. The standard InChI is InChI=1S/C34H49F3N2O3/c1-21-18-28(3,4)13-15-33(21,39-27(42)34(35,36)37)16-14-29(5,6)32(10)12-11-24-30(7,8)26(41)23(20-38)19-31(24,9)25(32)17-22(2)40/h17,19,21,24H,11-16,18H2,1-10H3,(H,39,42)/b25-17-/t21?,24-,31-,32+,33-/m0/s1. The van der Waals surface area contributed by atoms with Crippen molar-refractivity contribution >= 4 is 17.5 Å². The van der Waals surface area contributed by atoms with Crippen LogP contribution >= 0.6 is 0 Å². The van der Waals surface area contributed by atoms with Crippen molar-refractivity contribution in [3.05, 3.63) is 23.3 Å². The molecular weight excluding hydrogens is 541 g/mol. The molecule has 0 aromatic rings. The lowest BCUT2D eigenvalue weighted by atomic mass is 9.42. The summed E-state index contributed by atoms with van der Waals surface area (Å²) in [6.45, 7) is 19.7. The number of ketones is 2. The predicted octanol–water partition coefficient (Wildman–Crippen LogP) is 8.05. The van der Waals surface area contributed by atoms with Gasteiger partial charge in [0.25, 0.3) is 0 Å². The third kappa shape index (κ3) is 5.74. The molecule has 0 bridgehead atoms. The van der Waals surface area contributed by atoms with E-state index in [1.54, 1.807) is 12.2 Å². The first-order chi connectivity index (χ1) is 18.9. The van der Waals surface area contributed by atoms with Crippen LogP contribution < -0.4 is 5.32 Å². The first-order valence-corrected chi connectivity index (χ1v) is 15.2. The van der Waals surface area contributed by atoms with E-state index in [9.17, 15) is 32.8 Å². The SMILES string of the molecule is CC(=O)/C=C1/[C@@]2(C)C=C(C#N)C(=O)C(C)(C)[C@@H]2CC[C@@]1(C)C(C)(C)CC[C@@]1(NC(=O)C(F)(F)F)CCC(C)(C)CC1C. The van der Waals surface area contributed by atoms with Crippen molar-refractivity contribution in [3.63, 3.8) is 0 Å². The zero-order valence-electron chi connectivity index (χ0n) is 27.1. The van der Waals surface area contributed by atoms with Gasteiger partial charge in [-0.2, -0.15) is 18.4 Å². The van der Waals surface area contributed by atoms with Gasteiger partial charge in [-0.25, -0.2) is 0 Å². The van der Waals surface area contributed by atoms with E-state index in [0.29, 0.717) is 44.9 Å². The Morgan fingerprint density at radius 3 is 2.19 bits per heavy atom. The lowest BCUT2D eigenvalue weighted by molar-refractivity contribution is -0.177. The predicted molar refractivity (Wildman–Crippen MR) is 157 cm³/mol. The molecule has 0 aliphatic heterocycles. The largest absolute Gasteiger partial charge is 0.471 e. The number of carbonyl (C=O) groups excluding carboxylic acids is 3. The van der Waals surface area contributed by atoms with Gasteiger partial charge >= 0.3 is 12.1 Å². The molecule has 0 heterocycles. The number of alkyl halides is 3. The Kier molecular flexibility index (Phi) is 8.62. The number of allylic oxidation sites excluding steroid dienone is 4. The fourth-order valence-corrected chi connectivity index (χ4v) is 8.78. The molecule has 234 valence electrons. The normalized spacial score (nSPS) is 35.6. The molecule has 5 nitrogen and oxygen atoms in total. The van der Waals surface area contributed by atoms with Crippen LogP contribution in [0.2, 0.25) is 0 Å². The van der Waals surface area contributed by atoms with E-state index in [4.69, 9.17) is 0 Å². The van der Waals surface area contributed by atoms with Crippen molar-refractivity contribution in [2.75, 3.05) is 0 Å². The summed E-state index contributed by atoms with van der Waals surface area (Å²) in [4.78, 5) is 38.2. The lowest BCUT2D eigenvalue weighted by Crippen LogP contribution is -2.60. The van der Waals surface area contributed by atoms with Crippen LogP contribution in [-0.4, -0.2) is 29.2 Å². The van der Waals surface area contributed by atoms with Crippen molar-refractivity contribution in [2.24, 2.45) is 38.9 Å². The molecule has 2 saturated carbocycles. The van der Waals surface area contributed by atoms with Crippen LogP contribution in [0.1, 0.15) is 114 Å². The Morgan fingerprint density at radius 2 is 1.69 bits per heavy atom. The number of hydrogen-bond donors (Lipinski definition) is 1. The van der Waals surface area contributed by atoms with Gasteiger partial charge < -0.3 is 5.32 Å². The maximum absolute atomic E-state index is 13.5. The Hall–Kier alpha value is -2.43. The fourth-order valence-electron chi connectivity index (χ4n) is 8.78. The second kappa shape index (κ2) is 10.6. The highest BCUT2D eigenvalue weighted by Crippen LogP contribution is 2.67. The smallest absolute Gasteiger partial charge is 0.343 e. The molecule has 0 saturated heterocycles. The molecule has 42 heavy (non-hydrogen) atoms. The summed E-state index contributed by atoms with van der Waals surface area (Å²) in [5, 5.41) is 12.3. The van der Waals surface area contributed by atoms with E-state index in [2.05, 4.69) is 46.0 Å². The monoisotopic (exact) mass is 590 g/mol. The number of nitrogens with zero attached hydrogens (tertiary/aromatic N) is 1. The van der Waals surface area contributed by atoms with Crippen molar-refractivity contribution < 1.29 is 27.6 Å². The molecule has 3 aliphatic carbocycles. The van der Waals surface area contributed by atoms with E-state index in [0.717, 1.165) is 5.57 Å². The number of rotatable bonds is 6. The summed E-state index contributed by atoms with van der Waals surface area (Å²) in [7, 11) is 0. The molecule has 1 N–H and O–H groups in total. The number of nitriles is 1. The third-order valence-corrected chi connectivity index (χ3v) is 11.8. The van der Waals surface area contributed by atoms with E-state index in [1.165, 1.54) is 6.92 Å². The highest BCUT2D eigenvalue weighted by atomic mass is 19.4. The summed E-state index contributed by atoms with van der Waals surface area (Å²) in [5.41, 5.74) is -2.68. The van der Waals surface area contributed by atoms with Gasteiger partial charge in [0.1, 0.15) is 6.07 Å². The number of halogens is 3. The van der Waals surface area contributed by atoms with Crippen molar-refractivity contribution in [1.82, 2.24) is 5.32 Å². The number of nitrogens with one attached hydrogen (secondary N) is 1. The molecule has 0 aromatic heterocycles. The molecule has 3 rings (SSSR count). The highest BCUT2D eigenvalue weighted by molar-refractivity contribution is 6.04. The minimum atomic E-state index is -4.97. The number of Topliss-reactive ketones (excluding diaryl/α,β-unsaturated/α-hetero) is 1. The van der Waals surface area contributed by atoms with Crippen molar-refractivity contribution in [2.45, 2.75) is 126 Å². The first kappa shape index (κ1) is 34.1. The molecule has 0 radical (unpaired) electrons. The molecule has 2 fully saturated rings.